The molecule has 0 saturated carbocycles. The molecule has 6 aromatic carbocycles. The quantitative estimate of drug-likeness (QED) is 0.190. The lowest BCUT2D eigenvalue weighted by Gasteiger charge is -2.11. The van der Waals surface area contributed by atoms with Crippen molar-refractivity contribution in [3.8, 4) is 45.3 Å². The van der Waals surface area contributed by atoms with E-state index in [1.165, 1.54) is 26.6 Å². The van der Waals surface area contributed by atoms with Gasteiger partial charge in [-0.25, -0.2) is 15.0 Å². The van der Waals surface area contributed by atoms with Gasteiger partial charge in [-0.3, -0.25) is 0 Å². The summed E-state index contributed by atoms with van der Waals surface area (Å²) in [5.74, 6) is 1.82. The van der Waals surface area contributed by atoms with E-state index in [2.05, 4.69) is 113 Å². The maximum atomic E-state index is 6.48. The van der Waals surface area contributed by atoms with Crippen LogP contribution in [0.1, 0.15) is 0 Å². The third kappa shape index (κ3) is 4.70. The summed E-state index contributed by atoms with van der Waals surface area (Å²) < 4.78 is 3.26. The van der Waals surface area contributed by atoms with Crippen LogP contribution in [0, 0.1) is 0 Å². The number of hydrogen-bond acceptors (Lipinski definition) is 4. The molecule has 0 amide bonds. The number of hydrogen-bond donors (Lipinski definition) is 0. The van der Waals surface area contributed by atoms with Crippen molar-refractivity contribution in [3.63, 3.8) is 0 Å². The monoisotopic (exact) mass is 653 g/mol. The molecule has 8 aromatic rings. The minimum absolute atomic E-state index is 0.569. The summed E-state index contributed by atoms with van der Waals surface area (Å²) in [6.45, 7) is 0. The van der Waals surface area contributed by atoms with Crippen molar-refractivity contribution in [1.29, 1.82) is 0 Å². The number of nitrogens with zero attached hydrogens (tertiary/aromatic N) is 3. The second kappa shape index (κ2) is 10.7. The van der Waals surface area contributed by atoms with Crippen LogP contribution in [0.4, 0.5) is 0 Å². The molecule has 204 valence electrons. The summed E-state index contributed by atoms with van der Waals surface area (Å²) in [6.07, 6.45) is 0. The van der Waals surface area contributed by atoms with Gasteiger partial charge in [0, 0.05) is 46.4 Å². The van der Waals surface area contributed by atoms with E-state index >= 15 is 0 Å². The SMILES string of the molecule is Clc1cc(Br)cc(-c2nc(-c3cccc4ccccc34)nc(-c3cccc4c3sc3c(-c5ccccc5)cccc34)n2)c1. The largest absolute Gasteiger partial charge is 0.208 e. The Morgan fingerprint density at radius 3 is 1.86 bits per heavy atom. The summed E-state index contributed by atoms with van der Waals surface area (Å²) in [5, 5.41) is 5.25. The molecule has 0 atom stereocenters. The zero-order chi connectivity index (χ0) is 28.9. The summed E-state index contributed by atoms with van der Waals surface area (Å²) in [5.41, 5.74) is 5.18. The highest BCUT2D eigenvalue weighted by molar-refractivity contribution is 9.10. The Labute approximate surface area is 265 Å². The van der Waals surface area contributed by atoms with Crippen LogP contribution in [0.5, 0.6) is 0 Å². The predicted octanol–water partition coefficient (Wildman–Crippen LogP) is 11.5. The molecule has 43 heavy (non-hydrogen) atoms. The fourth-order valence-corrected chi connectivity index (χ4v) is 7.90. The molecule has 0 bridgehead atoms. The molecule has 2 aromatic heterocycles. The molecule has 6 heteroatoms. The van der Waals surface area contributed by atoms with Crippen molar-refractivity contribution >= 4 is 69.8 Å². The van der Waals surface area contributed by atoms with Gasteiger partial charge >= 0.3 is 0 Å². The predicted molar refractivity (Wildman–Crippen MR) is 185 cm³/mol. The molecule has 0 unspecified atom stereocenters. The third-order valence-corrected chi connectivity index (χ3v) is 9.60. The van der Waals surface area contributed by atoms with Crippen LogP contribution in [-0.4, -0.2) is 15.0 Å². The molecule has 0 radical (unpaired) electrons. The third-order valence-electron chi connectivity index (χ3n) is 7.64. The van der Waals surface area contributed by atoms with Gasteiger partial charge in [0.2, 0.25) is 0 Å². The lowest BCUT2D eigenvalue weighted by molar-refractivity contribution is 1.08. The number of fused-ring (bicyclic) bond motifs is 4. The van der Waals surface area contributed by atoms with Gasteiger partial charge in [-0.2, -0.15) is 0 Å². The Morgan fingerprint density at radius 2 is 1.07 bits per heavy atom. The first-order valence-electron chi connectivity index (χ1n) is 13.8. The summed E-state index contributed by atoms with van der Waals surface area (Å²) in [7, 11) is 0. The van der Waals surface area contributed by atoms with Crippen LogP contribution in [0.15, 0.2) is 132 Å². The molecule has 2 heterocycles. The molecule has 0 fully saturated rings. The normalized spacial score (nSPS) is 11.5. The van der Waals surface area contributed by atoms with Crippen LogP contribution in [-0.2, 0) is 0 Å². The van der Waals surface area contributed by atoms with Crippen molar-refractivity contribution in [3.05, 3.63) is 137 Å². The average molecular weight is 655 g/mol. The lowest BCUT2D eigenvalue weighted by atomic mass is 10.0. The van der Waals surface area contributed by atoms with Crippen molar-refractivity contribution < 1.29 is 0 Å². The highest BCUT2D eigenvalue weighted by Gasteiger charge is 2.19. The summed E-state index contributed by atoms with van der Waals surface area (Å²) in [4.78, 5) is 15.2. The van der Waals surface area contributed by atoms with E-state index in [-0.39, 0.29) is 0 Å². The molecule has 0 spiro atoms. The van der Waals surface area contributed by atoms with Crippen LogP contribution in [0.25, 0.3) is 76.2 Å². The Hall–Kier alpha value is -4.42. The van der Waals surface area contributed by atoms with E-state index in [0.717, 1.165) is 36.6 Å². The second-order valence-electron chi connectivity index (χ2n) is 10.3. The summed E-state index contributed by atoms with van der Waals surface area (Å²) >= 11 is 11.9. The maximum Gasteiger partial charge on any atom is 0.165 e. The van der Waals surface area contributed by atoms with Gasteiger partial charge in [0.25, 0.3) is 0 Å². The van der Waals surface area contributed by atoms with Crippen LogP contribution >= 0.6 is 38.9 Å². The molecule has 0 aliphatic heterocycles. The Balaban J connectivity index is 1.41. The van der Waals surface area contributed by atoms with E-state index in [9.17, 15) is 0 Å². The van der Waals surface area contributed by atoms with Gasteiger partial charge in [-0.1, -0.05) is 131 Å². The standard InChI is InChI=1S/C37H21BrClN3S/c38-25-19-24(20-26(39)21-25)35-40-36(31-17-6-12-22-11-4-5-13-27(22)31)42-37(41-35)32-18-8-16-30-29-15-7-14-28(33(29)43-34(30)32)23-9-2-1-3-10-23/h1-21H. The van der Waals surface area contributed by atoms with E-state index in [4.69, 9.17) is 26.6 Å². The van der Waals surface area contributed by atoms with E-state index < -0.39 is 0 Å². The second-order valence-corrected chi connectivity index (χ2v) is 12.7. The fourth-order valence-electron chi connectivity index (χ4n) is 5.69. The van der Waals surface area contributed by atoms with Gasteiger partial charge in [-0.15, -0.1) is 11.3 Å². The first-order chi connectivity index (χ1) is 21.1. The van der Waals surface area contributed by atoms with Crippen molar-refractivity contribution in [2.75, 3.05) is 0 Å². The summed E-state index contributed by atoms with van der Waals surface area (Å²) in [6, 6.07) is 43.8. The minimum Gasteiger partial charge on any atom is -0.208 e. The van der Waals surface area contributed by atoms with Crippen LogP contribution in [0.3, 0.4) is 0 Å². The smallest absolute Gasteiger partial charge is 0.165 e. The Kier molecular flexibility index (Phi) is 6.52. The van der Waals surface area contributed by atoms with Crippen molar-refractivity contribution in [1.82, 2.24) is 15.0 Å². The Bertz CT molecular complexity index is 2310. The highest BCUT2D eigenvalue weighted by atomic mass is 79.9. The zero-order valence-electron chi connectivity index (χ0n) is 22.6. The van der Waals surface area contributed by atoms with Crippen molar-refractivity contribution in [2.45, 2.75) is 0 Å². The molecule has 0 saturated heterocycles. The first kappa shape index (κ1) is 26.2. The van der Waals surface area contributed by atoms with E-state index in [1.807, 2.05) is 30.3 Å². The van der Waals surface area contributed by atoms with E-state index in [1.54, 1.807) is 11.3 Å². The zero-order valence-corrected chi connectivity index (χ0v) is 25.8. The molecule has 8 rings (SSSR count). The average Bonchev–Trinajstić information content (AvgIpc) is 3.43. The minimum atomic E-state index is 0.569. The van der Waals surface area contributed by atoms with Gasteiger partial charge in [0.1, 0.15) is 0 Å². The Morgan fingerprint density at radius 1 is 0.488 bits per heavy atom. The highest BCUT2D eigenvalue weighted by Crippen LogP contribution is 2.43. The molecule has 3 nitrogen and oxygen atoms in total. The number of rotatable bonds is 4. The van der Waals surface area contributed by atoms with Gasteiger partial charge in [0.15, 0.2) is 17.5 Å². The topological polar surface area (TPSA) is 38.7 Å². The molecular weight excluding hydrogens is 634 g/mol. The number of aromatic nitrogens is 3. The van der Waals surface area contributed by atoms with E-state index in [0.29, 0.717) is 22.5 Å². The van der Waals surface area contributed by atoms with Gasteiger partial charge in [-0.05, 0) is 46.2 Å². The first-order valence-corrected chi connectivity index (χ1v) is 15.8. The molecule has 0 aliphatic carbocycles. The molecule has 0 N–H and O–H groups in total. The maximum absolute atomic E-state index is 6.48. The van der Waals surface area contributed by atoms with Crippen LogP contribution < -0.4 is 0 Å². The lowest BCUT2D eigenvalue weighted by Crippen LogP contribution is -2.00. The number of benzene rings is 6. The van der Waals surface area contributed by atoms with Gasteiger partial charge in [0.05, 0.1) is 0 Å². The molecule has 0 aliphatic rings. The molecular formula is C37H21BrClN3S. The number of thiophene rings is 1. The van der Waals surface area contributed by atoms with Crippen LogP contribution in [0.2, 0.25) is 5.02 Å². The fraction of sp³-hybridized carbons (Fsp3) is 0. The van der Waals surface area contributed by atoms with Crippen molar-refractivity contribution in [2.24, 2.45) is 0 Å². The van der Waals surface area contributed by atoms with Gasteiger partial charge < -0.3 is 0 Å². The number of halogens is 2.